The summed E-state index contributed by atoms with van der Waals surface area (Å²) in [6.45, 7) is 7.27. The van der Waals surface area contributed by atoms with Gasteiger partial charge in [0.1, 0.15) is 11.8 Å². The molecule has 0 fully saturated rings. The molecule has 15 heavy (non-hydrogen) atoms. The molecule has 0 saturated heterocycles. The van der Waals surface area contributed by atoms with Crippen molar-refractivity contribution in [1.29, 1.82) is 5.26 Å². The van der Waals surface area contributed by atoms with E-state index in [9.17, 15) is 0 Å². The second-order valence-electron chi connectivity index (χ2n) is 4.29. The molecule has 1 aromatic heterocycles. The fourth-order valence-corrected chi connectivity index (χ4v) is 1.60. The van der Waals surface area contributed by atoms with Crippen LogP contribution in [-0.2, 0) is 6.54 Å². The van der Waals surface area contributed by atoms with Gasteiger partial charge in [-0.05, 0) is 31.4 Å². The average Bonchev–Trinajstić information content (AvgIpc) is 2.61. The van der Waals surface area contributed by atoms with E-state index in [0.717, 1.165) is 12.2 Å². The maximum atomic E-state index is 8.58. The monoisotopic (exact) mass is 206 g/mol. The van der Waals surface area contributed by atoms with Crippen LogP contribution in [0.3, 0.4) is 0 Å². The molecule has 3 nitrogen and oxygen atoms in total. The molecule has 3 heteroatoms. The number of rotatable bonds is 5. The Morgan fingerprint density at radius 2 is 2.13 bits per heavy atom. The van der Waals surface area contributed by atoms with E-state index < -0.39 is 0 Å². The van der Waals surface area contributed by atoms with Gasteiger partial charge in [-0.15, -0.1) is 0 Å². The fourth-order valence-electron chi connectivity index (χ4n) is 1.60. The van der Waals surface area contributed by atoms with Gasteiger partial charge < -0.3 is 9.73 Å². The van der Waals surface area contributed by atoms with Gasteiger partial charge in [0.25, 0.3) is 0 Å². The number of nitriles is 1. The molecular weight excluding hydrogens is 188 g/mol. The van der Waals surface area contributed by atoms with Gasteiger partial charge in [-0.1, -0.05) is 13.8 Å². The molecule has 0 aliphatic carbocycles. The van der Waals surface area contributed by atoms with E-state index in [-0.39, 0.29) is 0 Å². The Balaban J connectivity index is 2.34. The second-order valence-corrected chi connectivity index (χ2v) is 4.29. The largest absolute Gasteiger partial charge is 0.449 e. The molecule has 1 atom stereocenters. The van der Waals surface area contributed by atoms with Crippen molar-refractivity contribution in [3.05, 3.63) is 23.7 Å². The molecule has 0 aromatic carbocycles. The van der Waals surface area contributed by atoms with Crippen LogP contribution in [-0.4, -0.2) is 6.04 Å². The van der Waals surface area contributed by atoms with Crippen molar-refractivity contribution in [2.24, 2.45) is 5.92 Å². The first-order chi connectivity index (χ1) is 7.11. The molecule has 0 aliphatic heterocycles. The summed E-state index contributed by atoms with van der Waals surface area (Å²) in [5, 5.41) is 11.9. The molecule has 0 radical (unpaired) electrons. The van der Waals surface area contributed by atoms with Crippen LogP contribution in [0.15, 0.2) is 16.5 Å². The number of nitrogens with one attached hydrogen (secondary N) is 1. The standard InChI is InChI=1S/C12H18N2O/c1-9(2)6-10(3)14-8-12-5-4-11(7-13)15-12/h4-5,9-10,14H,6,8H2,1-3H3. The third-order valence-corrected chi connectivity index (χ3v) is 2.22. The van der Waals surface area contributed by atoms with Gasteiger partial charge in [0.05, 0.1) is 6.54 Å². The van der Waals surface area contributed by atoms with E-state index >= 15 is 0 Å². The molecule has 1 aromatic rings. The van der Waals surface area contributed by atoms with E-state index in [4.69, 9.17) is 9.68 Å². The minimum atomic E-state index is 0.378. The number of furan rings is 1. The van der Waals surface area contributed by atoms with E-state index in [1.165, 1.54) is 0 Å². The minimum absolute atomic E-state index is 0.378. The Labute approximate surface area is 91.1 Å². The molecule has 1 N–H and O–H groups in total. The summed E-state index contributed by atoms with van der Waals surface area (Å²) in [4.78, 5) is 0. The van der Waals surface area contributed by atoms with Gasteiger partial charge in [0.2, 0.25) is 5.76 Å². The number of hydrogen-bond donors (Lipinski definition) is 1. The van der Waals surface area contributed by atoms with Crippen LogP contribution in [0, 0.1) is 17.2 Å². The SMILES string of the molecule is CC(C)CC(C)NCc1ccc(C#N)o1. The van der Waals surface area contributed by atoms with Crippen molar-refractivity contribution in [2.75, 3.05) is 0 Å². The first kappa shape index (κ1) is 11.8. The van der Waals surface area contributed by atoms with E-state index in [2.05, 4.69) is 26.1 Å². The molecular formula is C12H18N2O. The van der Waals surface area contributed by atoms with E-state index in [1.54, 1.807) is 6.07 Å². The Bertz CT molecular complexity index is 336. The van der Waals surface area contributed by atoms with Gasteiger partial charge in [-0.3, -0.25) is 0 Å². The summed E-state index contributed by atoms with van der Waals surface area (Å²) in [7, 11) is 0. The fraction of sp³-hybridized carbons (Fsp3) is 0.583. The van der Waals surface area contributed by atoms with E-state index in [0.29, 0.717) is 24.3 Å². The molecule has 1 rings (SSSR count). The maximum Gasteiger partial charge on any atom is 0.203 e. The molecule has 0 saturated carbocycles. The van der Waals surface area contributed by atoms with Crippen LogP contribution >= 0.6 is 0 Å². The molecule has 1 heterocycles. The van der Waals surface area contributed by atoms with Crippen molar-refractivity contribution < 1.29 is 4.42 Å². The molecule has 0 spiro atoms. The molecule has 0 amide bonds. The van der Waals surface area contributed by atoms with Crippen molar-refractivity contribution in [3.63, 3.8) is 0 Å². The van der Waals surface area contributed by atoms with Crippen molar-refractivity contribution >= 4 is 0 Å². The van der Waals surface area contributed by atoms with Gasteiger partial charge in [0.15, 0.2) is 0 Å². The van der Waals surface area contributed by atoms with Crippen molar-refractivity contribution in [2.45, 2.75) is 39.8 Å². The lowest BCUT2D eigenvalue weighted by Crippen LogP contribution is -2.26. The number of nitrogens with zero attached hydrogens (tertiary/aromatic N) is 1. The Morgan fingerprint density at radius 1 is 1.40 bits per heavy atom. The second kappa shape index (κ2) is 5.57. The van der Waals surface area contributed by atoms with Crippen molar-refractivity contribution in [3.8, 4) is 6.07 Å². The summed E-state index contributed by atoms with van der Waals surface area (Å²) >= 11 is 0. The predicted octanol–water partition coefficient (Wildman–Crippen LogP) is 2.68. The topological polar surface area (TPSA) is 49.0 Å². The van der Waals surface area contributed by atoms with Crippen LogP contribution in [0.4, 0.5) is 0 Å². The highest BCUT2D eigenvalue weighted by Gasteiger charge is 2.06. The third-order valence-electron chi connectivity index (χ3n) is 2.22. The Morgan fingerprint density at radius 3 is 2.67 bits per heavy atom. The average molecular weight is 206 g/mol. The smallest absolute Gasteiger partial charge is 0.203 e. The highest BCUT2D eigenvalue weighted by atomic mass is 16.3. The summed E-state index contributed by atoms with van der Waals surface area (Å²) < 4.78 is 5.26. The Kier molecular flexibility index (Phi) is 4.38. The van der Waals surface area contributed by atoms with Gasteiger partial charge in [-0.2, -0.15) is 5.26 Å². The Hall–Kier alpha value is -1.27. The zero-order chi connectivity index (χ0) is 11.3. The molecule has 0 aliphatic rings. The van der Waals surface area contributed by atoms with Crippen LogP contribution in [0.25, 0.3) is 0 Å². The zero-order valence-corrected chi connectivity index (χ0v) is 9.58. The molecule has 0 bridgehead atoms. The first-order valence-electron chi connectivity index (χ1n) is 5.34. The quantitative estimate of drug-likeness (QED) is 0.805. The van der Waals surface area contributed by atoms with Crippen LogP contribution in [0.1, 0.15) is 38.7 Å². The van der Waals surface area contributed by atoms with Gasteiger partial charge >= 0.3 is 0 Å². The number of hydrogen-bond acceptors (Lipinski definition) is 3. The summed E-state index contributed by atoms with van der Waals surface area (Å²) in [6.07, 6.45) is 1.14. The predicted molar refractivity (Wildman–Crippen MR) is 59.2 cm³/mol. The lowest BCUT2D eigenvalue weighted by Gasteiger charge is -2.14. The van der Waals surface area contributed by atoms with Crippen LogP contribution in [0.5, 0.6) is 0 Å². The first-order valence-corrected chi connectivity index (χ1v) is 5.34. The summed E-state index contributed by atoms with van der Waals surface area (Å²) in [6, 6.07) is 5.99. The lowest BCUT2D eigenvalue weighted by atomic mass is 10.1. The lowest BCUT2D eigenvalue weighted by molar-refractivity contribution is 0.407. The zero-order valence-electron chi connectivity index (χ0n) is 9.58. The van der Waals surface area contributed by atoms with Gasteiger partial charge in [-0.25, -0.2) is 0 Å². The van der Waals surface area contributed by atoms with Crippen molar-refractivity contribution in [1.82, 2.24) is 5.32 Å². The maximum absolute atomic E-state index is 8.58. The van der Waals surface area contributed by atoms with Gasteiger partial charge in [0, 0.05) is 6.04 Å². The summed E-state index contributed by atoms with van der Waals surface area (Å²) in [5.74, 6) is 1.89. The third kappa shape index (κ3) is 4.18. The normalized spacial score (nSPS) is 12.7. The highest BCUT2D eigenvalue weighted by Crippen LogP contribution is 2.08. The molecule has 82 valence electrons. The van der Waals surface area contributed by atoms with Crippen LogP contribution in [0.2, 0.25) is 0 Å². The molecule has 1 unspecified atom stereocenters. The van der Waals surface area contributed by atoms with Crippen LogP contribution < -0.4 is 5.32 Å². The summed E-state index contributed by atoms with van der Waals surface area (Å²) in [5.41, 5.74) is 0. The highest BCUT2D eigenvalue weighted by molar-refractivity contribution is 5.18. The van der Waals surface area contributed by atoms with E-state index in [1.807, 2.05) is 12.1 Å². The minimum Gasteiger partial charge on any atom is -0.449 e.